The molecule has 1 saturated carbocycles. The van der Waals surface area contributed by atoms with Crippen molar-refractivity contribution in [2.24, 2.45) is 0 Å². The van der Waals surface area contributed by atoms with Crippen molar-refractivity contribution in [1.82, 2.24) is 9.44 Å². The van der Waals surface area contributed by atoms with Crippen LogP contribution in [0.1, 0.15) is 44.1 Å². The fourth-order valence-corrected chi connectivity index (χ4v) is 4.21. The first kappa shape index (κ1) is 21.3. The van der Waals surface area contributed by atoms with Crippen molar-refractivity contribution in [1.29, 1.82) is 0 Å². The molecule has 2 N–H and O–H groups in total. The van der Waals surface area contributed by atoms with Crippen LogP contribution in [0.2, 0.25) is 0 Å². The minimum absolute atomic E-state index is 0.0187. The van der Waals surface area contributed by atoms with Crippen LogP contribution in [0.15, 0.2) is 30.3 Å². The summed E-state index contributed by atoms with van der Waals surface area (Å²) in [5, 5.41) is 0. The van der Waals surface area contributed by atoms with E-state index >= 15 is 0 Å². The predicted octanol–water partition coefficient (Wildman–Crippen LogP) is 1.42. The van der Waals surface area contributed by atoms with Gasteiger partial charge in [0.1, 0.15) is 12.6 Å². The molecule has 1 aromatic carbocycles. The van der Waals surface area contributed by atoms with E-state index in [9.17, 15) is 18.0 Å². The van der Waals surface area contributed by atoms with Crippen molar-refractivity contribution < 1.29 is 27.5 Å². The van der Waals surface area contributed by atoms with E-state index < -0.39 is 34.6 Å². The maximum absolute atomic E-state index is 12.4. The second-order valence-electron chi connectivity index (χ2n) is 6.50. The van der Waals surface area contributed by atoms with Crippen LogP contribution in [0.3, 0.4) is 0 Å². The van der Waals surface area contributed by atoms with Crippen LogP contribution in [0, 0.1) is 0 Å². The van der Waals surface area contributed by atoms with E-state index in [4.69, 9.17) is 4.74 Å². The Morgan fingerprint density at radius 1 is 1.15 bits per heavy atom. The van der Waals surface area contributed by atoms with Crippen LogP contribution in [0.25, 0.3) is 0 Å². The lowest BCUT2D eigenvalue weighted by molar-refractivity contribution is -0.151. The van der Waals surface area contributed by atoms with Gasteiger partial charge in [-0.15, -0.1) is 0 Å². The molecule has 0 unspecified atom stereocenters. The van der Waals surface area contributed by atoms with E-state index in [2.05, 4.69) is 14.2 Å². The summed E-state index contributed by atoms with van der Waals surface area (Å²) in [4.78, 5) is 23.9. The Morgan fingerprint density at radius 2 is 1.81 bits per heavy atom. The van der Waals surface area contributed by atoms with Crippen LogP contribution in [-0.4, -0.2) is 39.5 Å². The summed E-state index contributed by atoms with van der Waals surface area (Å²) in [5.41, 5.74) is 0.755. The molecule has 0 saturated heterocycles. The molecule has 150 valence electrons. The molecule has 8 nitrogen and oxygen atoms in total. The number of rotatable bonds is 9. The smallest absolute Gasteiger partial charge is 0.325 e. The summed E-state index contributed by atoms with van der Waals surface area (Å²) < 4.78 is 39.3. The Balaban J connectivity index is 1.98. The topological polar surface area (TPSA) is 111 Å². The van der Waals surface area contributed by atoms with Crippen LogP contribution >= 0.6 is 0 Å². The molecule has 0 heterocycles. The average Bonchev–Trinajstić information content (AvgIpc) is 2.66. The maximum Gasteiger partial charge on any atom is 0.325 e. The molecule has 0 radical (unpaired) electrons. The Kier molecular flexibility index (Phi) is 8.21. The molecule has 27 heavy (non-hydrogen) atoms. The van der Waals surface area contributed by atoms with Crippen LogP contribution in [0.5, 0.6) is 0 Å². The predicted molar refractivity (Wildman–Crippen MR) is 98.7 cm³/mol. The summed E-state index contributed by atoms with van der Waals surface area (Å²) in [5.74, 6) is -1.55. The van der Waals surface area contributed by atoms with E-state index in [0.29, 0.717) is 0 Å². The van der Waals surface area contributed by atoms with Gasteiger partial charge in [0.05, 0.1) is 13.5 Å². The molecule has 1 atom stereocenters. The first-order valence-electron chi connectivity index (χ1n) is 8.96. The molecule has 1 aliphatic rings. The number of ether oxygens (including phenoxy) is 2. The SMILES string of the molecule is COC(=O)C[C@H](NS(=O)(=O)NC1CCCCC1)C(=O)OCc1ccccc1. The van der Waals surface area contributed by atoms with Gasteiger partial charge in [-0.05, 0) is 18.4 Å². The lowest BCUT2D eigenvalue weighted by Crippen LogP contribution is -2.50. The monoisotopic (exact) mass is 398 g/mol. The minimum Gasteiger partial charge on any atom is -0.469 e. The number of hydrogen-bond donors (Lipinski definition) is 2. The normalized spacial score (nSPS) is 16.5. The third-order valence-corrected chi connectivity index (χ3v) is 5.57. The number of hydrogen-bond acceptors (Lipinski definition) is 6. The molecule has 0 spiro atoms. The summed E-state index contributed by atoms with van der Waals surface area (Å²) >= 11 is 0. The molecule has 0 aliphatic heterocycles. The van der Waals surface area contributed by atoms with Gasteiger partial charge in [-0.3, -0.25) is 9.59 Å². The first-order valence-corrected chi connectivity index (χ1v) is 10.4. The molecule has 1 fully saturated rings. The third-order valence-electron chi connectivity index (χ3n) is 4.33. The summed E-state index contributed by atoms with van der Waals surface area (Å²) in [7, 11) is -2.80. The van der Waals surface area contributed by atoms with E-state index in [1.807, 2.05) is 6.07 Å². The minimum atomic E-state index is -3.97. The Bertz CT molecular complexity index is 717. The van der Waals surface area contributed by atoms with Gasteiger partial charge in [-0.2, -0.15) is 17.9 Å². The number of methoxy groups -OCH3 is 1. The van der Waals surface area contributed by atoms with Crippen molar-refractivity contribution in [2.45, 2.75) is 57.2 Å². The van der Waals surface area contributed by atoms with Gasteiger partial charge in [0.15, 0.2) is 0 Å². The maximum atomic E-state index is 12.4. The summed E-state index contributed by atoms with van der Waals surface area (Å²) in [6.07, 6.45) is 4.05. The molecule has 9 heteroatoms. The Labute approximate surface area is 159 Å². The highest BCUT2D eigenvalue weighted by Crippen LogP contribution is 2.18. The lowest BCUT2D eigenvalue weighted by Gasteiger charge is -2.24. The number of benzene rings is 1. The zero-order valence-electron chi connectivity index (χ0n) is 15.3. The van der Waals surface area contributed by atoms with E-state index in [1.165, 1.54) is 7.11 Å². The Hall–Kier alpha value is -1.97. The molecule has 0 aromatic heterocycles. The van der Waals surface area contributed by atoms with Gasteiger partial charge >= 0.3 is 11.9 Å². The lowest BCUT2D eigenvalue weighted by atomic mass is 9.96. The number of carbonyl (C=O) groups excluding carboxylic acids is 2. The van der Waals surface area contributed by atoms with Gasteiger partial charge in [0.2, 0.25) is 0 Å². The molecular weight excluding hydrogens is 372 g/mol. The number of nitrogens with one attached hydrogen (secondary N) is 2. The average molecular weight is 398 g/mol. The van der Waals surface area contributed by atoms with Crippen molar-refractivity contribution in [3.8, 4) is 0 Å². The zero-order chi connectivity index (χ0) is 19.7. The second kappa shape index (κ2) is 10.4. The van der Waals surface area contributed by atoms with Gasteiger partial charge in [-0.1, -0.05) is 49.6 Å². The molecule has 0 bridgehead atoms. The standard InChI is InChI=1S/C18H26N2O6S/c1-25-17(21)12-16(18(22)26-13-14-8-4-2-5-9-14)20-27(23,24)19-15-10-6-3-7-11-15/h2,4-5,8-9,15-16,19-20H,3,6-7,10-13H2,1H3/t16-/m0/s1. The number of esters is 2. The summed E-state index contributed by atoms with van der Waals surface area (Å²) in [6.45, 7) is -0.0187. The van der Waals surface area contributed by atoms with E-state index in [0.717, 1.165) is 37.7 Å². The molecular formula is C18H26N2O6S. The van der Waals surface area contributed by atoms with Gasteiger partial charge < -0.3 is 9.47 Å². The molecule has 0 amide bonds. The Morgan fingerprint density at radius 3 is 2.44 bits per heavy atom. The van der Waals surface area contributed by atoms with Crippen LogP contribution in [0.4, 0.5) is 0 Å². The molecule has 1 aromatic rings. The van der Waals surface area contributed by atoms with Crippen molar-refractivity contribution in [3.63, 3.8) is 0 Å². The fourth-order valence-electron chi connectivity index (χ4n) is 2.91. The van der Waals surface area contributed by atoms with Gasteiger partial charge in [0.25, 0.3) is 10.2 Å². The van der Waals surface area contributed by atoms with E-state index in [1.54, 1.807) is 24.3 Å². The van der Waals surface area contributed by atoms with Crippen molar-refractivity contribution in [2.75, 3.05) is 7.11 Å². The molecule has 2 rings (SSSR count). The second-order valence-corrected chi connectivity index (χ2v) is 7.98. The largest absolute Gasteiger partial charge is 0.469 e. The van der Waals surface area contributed by atoms with Crippen molar-refractivity contribution in [3.05, 3.63) is 35.9 Å². The van der Waals surface area contributed by atoms with Crippen LogP contribution < -0.4 is 9.44 Å². The van der Waals surface area contributed by atoms with Gasteiger partial charge in [-0.25, -0.2) is 0 Å². The third kappa shape index (κ3) is 7.66. The van der Waals surface area contributed by atoms with Crippen molar-refractivity contribution >= 4 is 22.1 Å². The fraction of sp³-hybridized carbons (Fsp3) is 0.556. The summed E-state index contributed by atoms with van der Waals surface area (Å²) in [6, 6.07) is 7.45. The van der Waals surface area contributed by atoms with Crippen LogP contribution in [-0.2, 0) is 35.9 Å². The first-order chi connectivity index (χ1) is 12.9. The van der Waals surface area contributed by atoms with Gasteiger partial charge in [0, 0.05) is 6.04 Å². The quantitative estimate of drug-likeness (QED) is 0.609. The number of carbonyl (C=O) groups is 2. The zero-order valence-corrected chi connectivity index (χ0v) is 16.2. The highest BCUT2D eigenvalue weighted by atomic mass is 32.2. The highest BCUT2D eigenvalue weighted by molar-refractivity contribution is 7.87. The van der Waals surface area contributed by atoms with E-state index in [-0.39, 0.29) is 12.6 Å². The molecule has 1 aliphatic carbocycles. The highest BCUT2D eigenvalue weighted by Gasteiger charge is 2.30.